The number of benzene rings is 1. The molecule has 21 heavy (non-hydrogen) atoms. The molecule has 7 heteroatoms. The Morgan fingerprint density at radius 3 is 2.57 bits per heavy atom. The van der Waals surface area contributed by atoms with Crippen LogP contribution in [0, 0.1) is 0 Å². The first-order chi connectivity index (χ1) is 9.83. The van der Waals surface area contributed by atoms with E-state index in [1.165, 1.54) is 12.1 Å². The summed E-state index contributed by atoms with van der Waals surface area (Å²) in [5, 5.41) is 11.6. The maximum absolute atomic E-state index is 11.9. The number of ether oxygens (including phenoxy) is 1. The number of amides is 3. The summed E-state index contributed by atoms with van der Waals surface area (Å²) < 4.78 is 5.37. The van der Waals surface area contributed by atoms with Gasteiger partial charge in [-0.25, -0.2) is 9.59 Å². The van der Waals surface area contributed by atoms with Crippen molar-refractivity contribution in [2.75, 3.05) is 13.2 Å². The van der Waals surface area contributed by atoms with Crippen LogP contribution in [-0.2, 0) is 4.79 Å². The van der Waals surface area contributed by atoms with Gasteiger partial charge >= 0.3 is 12.0 Å². The Bertz CT molecular complexity index is 597. The van der Waals surface area contributed by atoms with Crippen LogP contribution in [0.4, 0.5) is 4.79 Å². The standard InChI is InChI=1S/C14H16N2O5/c1-14(2)12(19)16(13(20)15-14)7-8-21-10-6-4-3-5-9(10)11(17)18/h3-6H,7-8H2,1-2H3,(H,15,20)(H,17,18). The molecule has 1 aliphatic heterocycles. The quantitative estimate of drug-likeness (QED) is 0.792. The number of imide groups is 1. The summed E-state index contributed by atoms with van der Waals surface area (Å²) in [6.07, 6.45) is 0. The van der Waals surface area contributed by atoms with Crippen molar-refractivity contribution in [3.05, 3.63) is 29.8 Å². The maximum atomic E-state index is 11.9. The second-order valence-corrected chi connectivity index (χ2v) is 5.16. The van der Waals surface area contributed by atoms with E-state index in [4.69, 9.17) is 9.84 Å². The van der Waals surface area contributed by atoms with Crippen LogP contribution in [0.5, 0.6) is 5.75 Å². The first-order valence-corrected chi connectivity index (χ1v) is 6.42. The third kappa shape index (κ3) is 2.96. The molecule has 0 saturated carbocycles. The fraction of sp³-hybridized carbons (Fsp3) is 0.357. The van der Waals surface area contributed by atoms with Gasteiger partial charge in [0.1, 0.15) is 23.5 Å². The molecule has 3 amide bonds. The lowest BCUT2D eigenvalue weighted by atomic mass is 10.1. The highest BCUT2D eigenvalue weighted by atomic mass is 16.5. The van der Waals surface area contributed by atoms with E-state index in [0.717, 1.165) is 4.90 Å². The van der Waals surface area contributed by atoms with Crippen LogP contribution in [-0.4, -0.2) is 46.6 Å². The number of para-hydroxylation sites is 1. The molecule has 0 radical (unpaired) electrons. The number of aromatic carboxylic acids is 1. The van der Waals surface area contributed by atoms with Gasteiger partial charge in [-0.2, -0.15) is 0 Å². The lowest BCUT2D eigenvalue weighted by molar-refractivity contribution is -0.130. The van der Waals surface area contributed by atoms with Crippen LogP contribution in [0.1, 0.15) is 24.2 Å². The van der Waals surface area contributed by atoms with E-state index < -0.39 is 17.5 Å². The zero-order valence-electron chi connectivity index (χ0n) is 11.8. The molecule has 0 bridgehead atoms. The molecule has 7 nitrogen and oxygen atoms in total. The van der Waals surface area contributed by atoms with E-state index >= 15 is 0 Å². The first-order valence-electron chi connectivity index (χ1n) is 6.42. The Morgan fingerprint density at radius 2 is 2.00 bits per heavy atom. The fourth-order valence-corrected chi connectivity index (χ4v) is 2.04. The highest BCUT2D eigenvalue weighted by Gasteiger charge is 2.43. The lowest BCUT2D eigenvalue weighted by Gasteiger charge is -2.16. The average molecular weight is 292 g/mol. The maximum Gasteiger partial charge on any atom is 0.339 e. The Hall–Kier alpha value is -2.57. The van der Waals surface area contributed by atoms with Gasteiger partial charge in [0.15, 0.2) is 0 Å². The Kier molecular flexibility index (Phi) is 3.84. The zero-order valence-corrected chi connectivity index (χ0v) is 11.8. The molecule has 1 aliphatic rings. The zero-order chi connectivity index (χ0) is 15.6. The number of hydrogen-bond donors (Lipinski definition) is 2. The van der Waals surface area contributed by atoms with E-state index in [1.54, 1.807) is 26.0 Å². The van der Waals surface area contributed by atoms with Crippen LogP contribution in [0.2, 0.25) is 0 Å². The minimum absolute atomic E-state index is 0.0273. The largest absolute Gasteiger partial charge is 0.491 e. The molecular formula is C14H16N2O5. The van der Waals surface area contributed by atoms with E-state index in [0.29, 0.717) is 0 Å². The molecule has 0 aromatic heterocycles. The SMILES string of the molecule is CC1(C)NC(=O)N(CCOc2ccccc2C(=O)O)C1=O. The predicted molar refractivity (Wildman–Crippen MR) is 73.2 cm³/mol. The van der Waals surface area contributed by atoms with Gasteiger partial charge in [0.2, 0.25) is 0 Å². The molecule has 0 aliphatic carbocycles. The number of rotatable bonds is 5. The molecule has 112 valence electrons. The Labute approximate surface area is 121 Å². The number of nitrogens with one attached hydrogen (secondary N) is 1. The summed E-state index contributed by atoms with van der Waals surface area (Å²) in [4.78, 5) is 35.7. The van der Waals surface area contributed by atoms with Gasteiger partial charge in [-0.05, 0) is 26.0 Å². The number of carbonyl (C=O) groups is 3. The van der Waals surface area contributed by atoms with Gasteiger partial charge in [-0.1, -0.05) is 12.1 Å². The minimum Gasteiger partial charge on any atom is -0.491 e. The monoisotopic (exact) mass is 292 g/mol. The van der Waals surface area contributed by atoms with Crippen LogP contribution in [0.3, 0.4) is 0 Å². The molecule has 2 N–H and O–H groups in total. The normalized spacial score (nSPS) is 16.8. The predicted octanol–water partition coefficient (Wildman–Crippen LogP) is 1.09. The molecule has 1 aromatic rings. The number of urea groups is 1. The van der Waals surface area contributed by atoms with Crippen LogP contribution >= 0.6 is 0 Å². The summed E-state index contributed by atoms with van der Waals surface area (Å²) in [6, 6.07) is 5.72. The lowest BCUT2D eigenvalue weighted by Crippen LogP contribution is -2.40. The number of carboxylic acid groups (broad SMARTS) is 1. The van der Waals surface area contributed by atoms with Crippen molar-refractivity contribution in [2.24, 2.45) is 0 Å². The molecule has 1 heterocycles. The molecule has 2 rings (SSSR count). The van der Waals surface area contributed by atoms with Crippen molar-refractivity contribution < 1.29 is 24.2 Å². The summed E-state index contributed by atoms with van der Waals surface area (Å²) in [5.41, 5.74) is -0.884. The van der Waals surface area contributed by atoms with Crippen molar-refractivity contribution in [1.29, 1.82) is 0 Å². The molecule has 1 saturated heterocycles. The number of hydrogen-bond acceptors (Lipinski definition) is 4. The van der Waals surface area contributed by atoms with E-state index in [2.05, 4.69) is 5.32 Å². The van der Waals surface area contributed by atoms with E-state index in [-0.39, 0.29) is 30.4 Å². The highest BCUT2D eigenvalue weighted by Crippen LogP contribution is 2.19. The molecule has 0 atom stereocenters. The molecule has 0 unspecified atom stereocenters. The Morgan fingerprint density at radius 1 is 1.33 bits per heavy atom. The Balaban J connectivity index is 1.98. The minimum atomic E-state index is -1.10. The van der Waals surface area contributed by atoms with Gasteiger partial charge in [0, 0.05) is 0 Å². The molecule has 1 fully saturated rings. The van der Waals surface area contributed by atoms with Crippen molar-refractivity contribution in [3.8, 4) is 5.75 Å². The summed E-state index contributed by atoms with van der Waals surface area (Å²) in [7, 11) is 0. The van der Waals surface area contributed by atoms with Gasteiger partial charge in [-0.15, -0.1) is 0 Å². The third-order valence-electron chi connectivity index (χ3n) is 3.13. The highest BCUT2D eigenvalue weighted by molar-refractivity contribution is 6.06. The van der Waals surface area contributed by atoms with Crippen molar-refractivity contribution in [2.45, 2.75) is 19.4 Å². The van der Waals surface area contributed by atoms with Gasteiger partial charge in [0.25, 0.3) is 5.91 Å². The second kappa shape index (κ2) is 5.43. The van der Waals surface area contributed by atoms with Crippen LogP contribution in [0.25, 0.3) is 0 Å². The average Bonchev–Trinajstić information content (AvgIpc) is 2.61. The number of carbonyl (C=O) groups excluding carboxylic acids is 2. The topological polar surface area (TPSA) is 95.9 Å². The van der Waals surface area contributed by atoms with Gasteiger partial charge in [-0.3, -0.25) is 9.69 Å². The van der Waals surface area contributed by atoms with Crippen LogP contribution in [0.15, 0.2) is 24.3 Å². The van der Waals surface area contributed by atoms with Gasteiger partial charge < -0.3 is 15.2 Å². The fourth-order valence-electron chi connectivity index (χ4n) is 2.04. The van der Waals surface area contributed by atoms with E-state index in [9.17, 15) is 14.4 Å². The van der Waals surface area contributed by atoms with Crippen molar-refractivity contribution in [1.82, 2.24) is 10.2 Å². The number of nitrogens with zero attached hydrogens (tertiary/aromatic N) is 1. The van der Waals surface area contributed by atoms with Crippen molar-refractivity contribution in [3.63, 3.8) is 0 Å². The third-order valence-corrected chi connectivity index (χ3v) is 3.13. The van der Waals surface area contributed by atoms with Gasteiger partial charge in [0.05, 0.1) is 6.54 Å². The summed E-state index contributed by atoms with van der Waals surface area (Å²) in [5.74, 6) is -1.22. The van der Waals surface area contributed by atoms with E-state index in [1.807, 2.05) is 0 Å². The van der Waals surface area contributed by atoms with Crippen LogP contribution < -0.4 is 10.1 Å². The smallest absolute Gasteiger partial charge is 0.339 e. The summed E-state index contributed by atoms with van der Waals surface area (Å²) in [6.45, 7) is 3.32. The van der Waals surface area contributed by atoms with Crippen molar-refractivity contribution >= 4 is 17.9 Å². The number of carboxylic acids is 1. The summed E-state index contributed by atoms with van der Waals surface area (Å²) >= 11 is 0. The molecule has 1 aromatic carbocycles. The first kappa shape index (κ1) is 14.8. The molecule has 0 spiro atoms. The second-order valence-electron chi connectivity index (χ2n) is 5.16. The molecular weight excluding hydrogens is 276 g/mol.